The molecule has 0 aliphatic heterocycles. The summed E-state index contributed by atoms with van der Waals surface area (Å²) in [6, 6.07) is 0. The molecule has 1 heterocycles. The van der Waals surface area contributed by atoms with Crippen LogP contribution in [-0.2, 0) is 22.4 Å². The van der Waals surface area contributed by atoms with Gasteiger partial charge in [0, 0.05) is 38.5 Å². The molecule has 1 rings (SSSR count). The zero-order valence-corrected chi connectivity index (χ0v) is 13.0. The first-order valence-corrected chi connectivity index (χ1v) is 6.80. The van der Waals surface area contributed by atoms with Gasteiger partial charge in [-0.1, -0.05) is 0 Å². The van der Waals surface area contributed by atoms with E-state index in [0.29, 0.717) is 13.0 Å². The van der Waals surface area contributed by atoms with E-state index in [2.05, 4.69) is 10.3 Å². The van der Waals surface area contributed by atoms with E-state index >= 15 is 0 Å². The fraction of sp³-hybridized carbons (Fsp3) is 0.714. The summed E-state index contributed by atoms with van der Waals surface area (Å²) in [7, 11) is 1.69. The van der Waals surface area contributed by atoms with Crippen molar-refractivity contribution < 1.29 is 14.3 Å². The van der Waals surface area contributed by atoms with Crippen LogP contribution in [0, 0.1) is 0 Å². The predicted molar refractivity (Wildman–Crippen MR) is 76.6 cm³/mol. The second-order valence-corrected chi connectivity index (χ2v) is 5.76. The Labute approximate surface area is 120 Å². The second kappa shape index (κ2) is 7.28. The lowest BCUT2D eigenvalue weighted by Gasteiger charge is -2.19. The second-order valence-electron chi connectivity index (χ2n) is 5.76. The van der Waals surface area contributed by atoms with Crippen LogP contribution in [-0.4, -0.2) is 41.0 Å². The number of carbonyl (C=O) groups is 1. The fourth-order valence-corrected chi connectivity index (χ4v) is 1.68. The highest BCUT2D eigenvalue weighted by atomic mass is 16.6. The van der Waals surface area contributed by atoms with Gasteiger partial charge >= 0.3 is 6.09 Å². The number of alkyl carbamates (subject to hydrolysis) is 1. The first kappa shape index (κ1) is 16.5. The van der Waals surface area contributed by atoms with Crippen molar-refractivity contribution >= 4 is 6.09 Å². The average Bonchev–Trinajstić information content (AvgIpc) is 2.74. The molecule has 1 aromatic rings. The highest BCUT2D eigenvalue weighted by molar-refractivity contribution is 5.67. The summed E-state index contributed by atoms with van der Waals surface area (Å²) in [5.74, 6) is 0. The molecule has 1 atom stereocenters. The van der Waals surface area contributed by atoms with Crippen molar-refractivity contribution in [1.29, 1.82) is 0 Å². The van der Waals surface area contributed by atoms with Crippen molar-refractivity contribution in [2.45, 2.75) is 52.4 Å². The van der Waals surface area contributed by atoms with Crippen LogP contribution >= 0.6 is 0 Å². The molecule has 1 unspecified atom stereocenters. The molecular weight excluding hydrogens is 258 g/mol. The Balaban J connectivity index is 2.39. The molecule has 0 aromatic carbocycles. The predicted octanol–water partition coefficient (Wildman–Crippen LogP) is 1.99. The molecule has 6 heteroatoms. The summed E-state index contributed by atoms with van der Waals surface area (Å²) in [6.07, 6.45) is 4.02. The summed E-state index contributed by atoms with van der Waals surface area (Å²) >= 11 is 0. The summed E-state index contributed by atoms with van der Waals surface area (Å²) in [5, 5.41) is 2.74. The van der Waals surface area contributed by atoms with Crippen LogP contribution in [0.3, 0.4) is 0 Å². The Bertz CT molecular complexity index is 424. The first-order valence-electron chi connectivity index (χ1n) is 6.80. The number of rotatable bonds is 6. The van der Waals surface area contributed by atoms with E-state index in [0.717, 1.165) is 12.2 Å². The Morgan fingerprint density at radius 1 is 1.50 bits per heavy atom. The fourth-order valence-electron chi connectivity index (χ4n) is 1.68. The number of hydrogen-bond acceptors (Lipinski definition) is 4. The number of ether oxygens (including phenoxy) is 2. The van der Waals surface area contributed by atoms with Gasteiger partial charge < -0.3 is 19.4 Å². The number of aromatic nitrogens is 2. The molecule has 0 bridgehead atoms. The molecule has 0 saturated carbocycles. The minimum Gasteiger partial charge on any atom is -0.444 e. The van der Waals surface area contributed by atoms with Gasteiger partial charge in [-0.2, -0.15) is 0 Å². The van der Waals surface area contributed by atoms with Crippen LogP contribution in [0.4, 0.5) is 4.79 Å². The van der Waals surface area contributed by atoms with Gasteiger partial charge in [0.15, 0.2) is 0 Å². The van der Waals surface area contributed by atoms with Gasteiger partial charge in [0.2, 0.25) is 0 Å². The maximum absolute atomic E-state index is 11.5. The van der Waals surface area contributed by atoms with Gasteiger partial charge in [0.1, 0.15) is 5.60 Å². The van der Waals surface area contributed by atoms with E-state index in [4.69, 9.17) is 9.47 Å². The molecule has 0 spiro atoms. The lowest BCUT2D eigenvalue weighted by Crippen LogP contribution is -2.33. The summed E-state index contributed by atoms with van der Waals surface area (Å²) in [4.78, 5) is 15.7. The lowest BCUT2D eigenvalue weighted by atomic mass is 10.2. The van der Waals surface area contributed by atoms with Crippen molar-refractivity contribution in [1.82, 2.24) is 14.9 Å². The molecule has 0 fully saturated rings. The normalized spacial score (nSPS) is 13.1. The van der Waals surface area contributed by atoms with Crippen molar-refractivity contribution in [3.05, 3.63) is 18.2 Å². The summed E-state index contributed by atoms with van der Waals surface area (Å²) < 4.78 is 12.4. The Morgan fingerprint density at radius 3 is 2.80 bits per heavy atom. The van der Waals surface area contributed by atoms with E-state index in [-0.39, 0.29) is 6.10 Å². The number of nitrogens with zero attached hydrogens (tertiary/aromatic N) is 2. The smallest absolute Gasteiger partial charge is 0.407 e. The minimum atomic E-state index is -0.472. The van der Waals surface area contributed by atoms with Gasteiger partial charge in [0.25, 0.3) is 0 Å². The first-order chi connectivity index (χ1) is 9.31. The van der Waals surface area contributed by atoms with Crippen molar-refractivity contribution in [2.24, 2.45) is 0 Å². The molecule has 20 heavy (non-hydrogen) atoms. The van der Waals surface area contributed by atoms with Crippen LogP contribution < -0.4 is 5.32 Å². The molecule has 1 N–H and O–H groups in total. The monoisotopic (exact) mass is 283 g/mol. The number of methoxy groups -OCH3 is 1. The molecular formula is C14H25N3O3. The third-order valence-electron chi connectivity index (χ3n) is 2.70. The number of carbonyl (C=O) groups excluding carboxylic acids is 1. The molecule has 114 valence electrons. The highest BCUT2D eigenvalue weighted by Gasteiger charge is 2.15. The maximum atomic E-state index is 11.5. The van der Waals surface area contributed by atoms with E-state index in [1.165, 1.54) is 0 Å². The number of amides is 1. The molecule has 0 aliphatic rings. The largest absolute Gasteiger partial charge is 0.444 e. The van der Waals surface area contributed by atoms with Crippen LogP contribution in [0.1, 0.15) is 33.4 Å². The zero-order valence-electron chi connectivity index (χ0n) is 13.0. The van der Waals surface area contributed by atoms with Gasteiger partial charge in [-0.25, -0.2) is 9.78 Å². The Hall–Kier alpha value is -1.56. The van der Waals surface area contributed by atoms with Crippen LogP contribution in [0.25, 0.3) is 0 Å². The summed E-state index contributed by atoms with van der Waals surface area (Å²) in [5.41, 5.74) is 0.588. The average molecular weight is 283 g/mol. The SMILES string of the molecule is COC(C)Cn1cncc1CCNC(=O)OC(C)(C)C. The van der Waals surface area contributed by atoms with E-state index < -0.39 is 11.7 Å². The van der Waals surface area contributed by atoms with Crippen molar-refractivity contribution in [3.63, 3.8) is 0 Å². The molecule has 1 amide bonds. The van der Waals surface area contributed by atoms with E-state index in [9.17, 15) is 4.79 Å². The maximum Gasteiger partial charge on any atom is 0.407 e. The van der Waals surface area contributed by atoms with Gasteiger partial charge in [-0.05, 0) is 27.7 Å². The lowest BCUT2D eigenvalue weighted by molar-refractivity contribution is 0.0528. The van der Waals surface area contributed by atoms with Gasteiger partial charge in [-0.15, -0.1) is 0 Å². The number of nitrogens with one attached hydrogen (secondary N) is 1. The van der Waals surface area contributed by atoms with Crippen LogP contribution in [0.5, 0.6) is 0 Å². The standard InChI is InChI=1S/C14H25N3O3/c1-11(19-5)9-17-10-15-8-12(17)6-7-16-13(18)20-14(2,3)4/h8,10-11H,6-7,9H2,1-5H3,(H,16,18). The molecule has 1 aromatic heterocycles. The molecule has 0 saturated heterocycles. The third-order valence-corrected chi connectivity index (χ3v) is 2.70. The number of hydrogen-bond donors (Lipinski definition) is 1. The molecule has 0 aliphatic carbocycles. The third kappa shape index (κ3) is 6.06. The Kier molecular flexibility index (Phi) is 6.01. The van der Waals surface area contributed by atoms with Gasteiger partial charge in [-0.3, -0.25) is 0 Å². The zero-order chi connectivity index (χ0) is 15.2. The minimum absolute atomic E-state index is 0.127. The van der Waals surface area contributed by atoms with Crippen LogP contribution in [0.15, 0.2) is 12.5 Å². The van der Waals surface area contributed by atoms with Crippen molar-refractivity contribution in [2.75, 3.05) is 13.7 Å². The van der Waals surface area contributed by atoms with E-state index in [1.807, 2.05) is 32.3 Å². The quantitative estimate of drug-likeness (QED) is 0.867. The molecule has 0 radical (unpaired) electrons. The summed E-state index contributed by atoms with van der Waals surface area (Å²) in [6.45, 7) is 8.79. The molecule has 6 nitrogen and oxygen atoms in total. The van der Waals surface area contributed by atoms with Crippen molar-refractivity contribution in [3.8, 4) is 0 Å². The number of imidazole rings is 1. The van der Waals surface area contributed by atoms with Crippen LogP contribution in [0.2, 0.25) is 0 Å². The highest BCUT2D eigenvalue weighted by Crippen LogP contribution is 2.07. The van der Waals surface area contributed by atoms with E-state index in [1.54, 1.807) is 19.6 Å². The van der Waals surface area contributed by atoms with Gasteiger partial charge in [0.05, 0.1) is 12.4 Å². The Morgan fingerprint density at radius 2 is 2.20 bits per heavy atom. The topological polar surface area (TPSA) is 65.4 Å².